The van der Waals surface area contributed by atoms with Gasteiger partial charge in [-0.05, 0) is 105 Å². The number of anilines is 1. The van der Waals surface area contributed by atoms with Gasteiger partial charge in [0.15, 0.2) is 5.69 Å². The summed E-state index contributed by atoms with van der Waals surface area (Å²) in [4.78, 5) is 58.2. The molecule has 274 valence electrons. The van der Waals surface area contributed by atoms with Crippen molar-refractivity contribution in [2.45, 2.75) is 66.0 Å². The van der Waals surface area contributed by atoms with Crippen LogP contribution in [-0.2, 0) is 22.4 Å². The molecule has 0 aliphatic carbocycles. The molecule has 1 aliphatic heterocycles. The second-order valence-corrected chi connectivity index (χ2v) is 14.4. The van der Waals surface area contributed by atoms with E-state index in [9.17, 15) is 19.2 Å². The number of ether oxygens (including phenoxy) is 3. The van der Waals surface area contributed by atoms with Crippen molar-refractivity contribution in [3.05, 3.63) is 87.0 Å². The van der Waals surface area contributed by atoms with Crippen LogP contribution in [0.2, 0.25) is 0 Å². The van der Waals surface area contributed by atoms with Gasteiger partial charge in [0.2, 0.25) is 0 Å². The summed E-state index contributed by atoms with van der Waals surface area (Å²) in [6.45, 7) is 10.1. The highest BCUT2D eigenvalue weighted by atomic mass is 32.1. The van der Waals surface area contributed by atoms with Gasteiger partial charge in [-0.1, -0.05) is 12.1 Å². The van der Waals surface area contributed by atoms with Gasteiger partial charge in [0, 0.05) is 58.9 Å². The molecule has 52 heavy (non-hydrogen) atoms. The van der Waals surface area contributed by atoms with Crippen LogP contribution in [0.3, 0.4) is 0 Å². The Morgan fingerprint density at radius 1 is 0.942 bits per heavy atom. The fraction of sp³-hybridized carbons (Fsp3) is 0.359. The van der Waals surface area contributed by atoms with Crippen LogP contribution in [0.1, 0.15) is 87.2 Å². The van der Waals surface area contributed by atoms with Crippen molar-refractivity contribution in [1.82, 2.24) is 15.6 Å². The number of hydrogen-bond donors (Lipinski definition) is 4. The van der Waals surface area contributed by atoms with Crippen LogP contribution >= 0.6 is 11.3 Å². The number of alkyl carbamates (subject to hydrolysis) is 1. The standard InChI is InChI=1S/C39H44N4O8S/c1-22-17-24(21-41-38(48)51-39(3,4)5)18-23(2)32(22)43-35(45)28-19-29-31(50-15-11-25-12-16-52-34(25)29)20-27(28)26-9-10-30(42-33(26)37(47)49-6)36(46)40-13-7-8-14-44/h9-10,12,16-20,44H,7-8,11,13-15,21H2,1-6H3,(H,40,46)(H,41,48)(H,43,45). The lowest BCUT2D eigenvalue weighted by atomic mass is 9.93. The molecule has 2 aromatic heterocycles. The van der Waals surface area contributed by atoms with Gasteiger partial charge in [-0.2, -0.15) is 0 Å². The lowest BCUT2D eigenvalue weighted by molar-refractivity contribution is 0.0522. The number of rotatable bonds is 11. The molecule has 0 spiro atoms. The molecule has 0 bridgehead atoms. The first-order chi connectivity index (χ1) is 24.8. The Bertz CT molecular complexity index is 1980. The summed E-state index contributed by atoms with van der Waals surface area (Å²) in [6.07, 6.45) is 1.28. The number of hydrogen-bond acceptors (Lipinski definition) is 10. The third-order valence-electron chi connectivity index (χ3n) is 8.32. The second-order valence-electron chi connectivity index (χ2n) is 13.5. The highest BCUT2D eigenvalue weighted by molar-refractivity contribution is 7.13. The predicted octanol–water partition coefficient (Wildman–Crippen LogP) is 6.59. The van der Waals surface area contributed by atoms with E-state index in [1.54, 1.807) is 50.3 Å². The van der Waals surface area contributed by atoms with Gasteiger partial charge in [0.05, 0.1) is 13.7 Å². The number of aliphatic hydroxyl groups is 1. The number of benzene rings is 2. The highest BCUT2D eigenvalue weighted by Gasteiger charge is 2.27. The van der Waals surface area contributed by atoms with Crippen LogP contribution in [-0.4, -0.2) is 66.4 Å². The van der Waals surface area contributed by atoms with Crippen molar-refractivity contribution in [3.63, 3.8) is 0 Å². The van der Waals surface area contributed by atoms with E-state index in [2.05, 4.69) is 20.9 Å². The third-order valence-corrected chi connectivity index (χ3v) is 9.31. The van der Waals surface area contributed by atoms with Gasteiger partial charge >= 0.3 is 12.1 Å². The van der Waals surface area contributed by atoms with Crippen LogP contribution in [0.25, 0.3) is 21.6 Å². The molecule has 0 radical (unpaired) electrons. The number of aliphatic hydroxyl groups excluding tert-OH is 1. The number of fused-ring (bicyclic) bond motifs is 3. The van der Waals surface area contributed by atoms with Gasteiger partial charge in [0.1, 0.15) is 17.0 Å². The normalized spacial score (nSPS) is 12.1. The molecule has 0 saturated carbocycles. The molecule has 0 unspecified atom stereocenters. The predicted molar refractivity (Wildman–Crippen MR) is 199 cm³/mol. The zero-order valence-corrected chi connectivity index (χ0v) is 31.0. The van der Waals surface area contributed by atoms with E-state index < -0.39 is 29.5 Å². The molecule has 2 aromatic carbocycles. The molecule has 0 fully saturated rings. The minimum absolute atomic E-state index is 0.000820. The number of carbonyl (C=O) groups is 4. The number of nitrogens with zero attached hydrogens (tertiary/aromatic N) is 1. The number of thiophene rings is 1. The molecule has 3 amide bonds. The van der Waals surface area contributed by atoms with Crippen LogP contribution < -0.4 is 20.7 Å². The monoisotopic (exact) mass is 728 g/mol. The Morgan fingerprint density at radius 2 is 1.69 bits per heavy atom. The summed E-state index contributed by atoms with van der Waals surface area (Å²) < 4.78 is 16.6. The molecule has 3 heterocycles. The van der Waals surface area contributed by atoms with Crippen molar-refractivity contribution >= 4 is 40.9 Å². The van der Waals surface area contributed by atoms with Crippen molar-refractivity contribution in [1.29, 1.82) is 0 Å². The number of nitrogens with one attached hydrogen (secondary N) is 3. The minimum Gasteiger partial charge on any atom is -0.493 e. The van der Waals surface area contributed by atoms with E-state index in [-0.39, 0.29) is 35.7 Å². The Morgan fingerprint density at radius 3 is 2.38 bits per heavy atom. The number of aromatic nitrogens is 1. The number of carbonyl (C=O) groups excluding carboxylic acids is 4. The summed E-state index contributed by atoms with van der Waals surface area (Å²) in [5.41, 5.74) is 4.99. The van der Waals surface area contributed by atoms with E-state index in [0.29, 0.717) is 49.4 Å². The average molecular weight is 729 g/mol. The van der Waals surface area contributed by atoms with Crippen LogP contribution in [0.15, 0.2) is 47.8 Å². The molecular formula is C39H44N4O8S. The van der Waals surface area contributed by atoms with E-state index in [4.69, 9.17) is 19.3 Å². The van der Waals surface area contributed by atoms with Gasteiger partial charge < -0.3 is 35.3 Å². The topological polar surface area (TPSA) is 165 Å². The first-order valence-corrected chi connectivity index (χ1v) is 17.9. The van der Waals surface area contributed by atoms with Gasteiger partial charge in [0.25, 0.3) is 11.8 Å². The van der Waals surface area contributed by atoms with Crippen LogP contribution in [0, 0.1) is 13.8 Å². The number of esters is 1. The summed E-state index contributed by atoms with van der Waals surface area (Å²) in [6, 6.07) is 12.4. The Hall–Kier alpha value is -5.27. The SMILES string of the molecule is COC(=O)c1nc(C(=O)NCCCCO)ccc1-c1cc2c(cc1C(=O)Nc1c(C)cc(CNC(=O)OC(C)(C)C)cc1C)-c1sccc1CCO2. The quantitative estimate of drug-likeness (QED) is 0.0985. The number of methoxy groups -OCH3 is 1. The van der Waals surface area contributed by atoms with Crippen LogP contribution in [0.4, 0.5) is 10.5 Å². The van der Waals surface area contributed by atoms with Crippen molar-refractivity contribution < 1.29 is 38.5 Å². The molecule has 4 aromatic rings. The van der Waals surface area contributed by atoms with E-state index >= 15 is 0 Å². The molecule has 0 saturated heterocycles. The van der Waals surface area contributed by atoms with Gasteiger partial charge in [-0.15, -0.1) is 11.3 Å². The lowest BCUT2D eigenvalue weighted by Gasteiger charge is -2.20. The third kappa shape index (κ3) is 8.96. The molecule has 13 heteroatoms. The average Bonchev–Trinajstić information content (AvgIpc) is 3.50. The largest absolute Gasteiger partial charge is 0.493 e. The summed E-state index contributed by atoms with van der Waals surface area (Å²) in [7, 11) is 1.22. The number of amides is 3. The Labute approximate surface area is 306 Å². The highest BCUT2D eigenvalue weighted by Crippen LogP contribution is 2.43. The first kappa shape index (κ1) is 38.0. The smallest absolute Gasteiger partial charge is 0.407 e. The molecule has 12 nitrogen and oxygen atoms in total. The maximum Gasteiger partial charge on any atom is 0.407 e. The Balaban J connectivity index is 1.55. The van der Waals surface area contributed by atoms with Crippen LogP contribution in [0.5, 0.6) is 5.75 Å². The molecule has 5 rings (SSSR count). The fourth-order valence-electron chi connectivity index (χ4n) is 5.93. The summed E-state index contributed by atoms with van der Waals surface area (Å²) in [5.74, 6) is -1.16. The maximum absolute atomic E-state index is 14.4. The van der Waals surface area contributed by atoms with Crippen molar-refractivity contribution in [2.75, 3.05) is 32.2 Å². The van der Waals surface area contributed by atoms with E-state index in [1.165, 1.54) is 13.2 Å². The number of unbranched alkanes of at least 4 members (excludes halogenated alkanes) is 1. The second kappa shape index (κ2) is 16.4. The number of aryl methyl sites for hydroxylation is 2. The zero-order chi connectivity index (χ0) is 37.6. The molecule has 1 aliphatic rings. The maximum atomic E-state index is 14.4. The summed E-state index contributed by atoms with van der Waals surface area (Å²) in [5, 5.41) is 19.7. The van der Waals surface area contributed by atoms with Crippen molar-refractivity contribution in [3.8, 4) is 27.3 Å². The Kier molecular flexibility index (Phi) is 12.0. The first-order valence-electron chi connectivity index (χ1n) is 17.0. The molecule has 4 N–H and O–H groups in total. The zero-order valence-electron chi connectivity index (χ0n) is 30.2. The molecule has 0 atom stereocenters. The van der Waals surface area contributed by atoms with E-state index in [0.717, 1.165) is 32.7 Å². The number of pyridine rings is 1. The fourth-order valence-corrected chi connectivity index (χ4v) is 6.91. The minimum atomic E-state index is -0.782. The molecular weight excluding hydrogens is 685 g/mol. The van der Waals surface area contributed by atoms with Gasteiger partial charge in [-0.25, -0.2) is 14.6 Å². The van der Waals surface area contributed by atoms with Gasteiger partial charge in [-0.3, -0.25) is 9.59 Å². The summed E-state index contributed by atoms with van der Waals surface area (Å²) >= 11 is 1.55. The van der Waals surface area contributed by atoms with Crippen molar-refractivity contribution in [2.24, 2.45) is 0 Å². The van der Waals surface area contributed by atoms with E-state index in [1.807, 2.05) is 37.4 Å². The lowest BCUT2D eigenvalue weighted by Crippen LogP contribution is -2.32.